The van der Waals surface area contributed by atoms with E-state index in [0.717, 1.165) is 25.2 Å². The van der Waals surface area contributed by atoms with Crippen molar-refractivity contribution in [3.05, 3.63) is 0 Å². The third kappa shape index (κ3) is 5.07. The van der Waals surface area contributed by atoms with Crippen molar-refractivity contribution in [1.29, 1.82) is 0 Å². The van der Waals surface area contributed by atoms with Crippen LogP contribution in [0.1, 0.15) is 59.3 Å². The molecule has 0 aromatic carbocycles. The maximum atomic E-state index is 11.9. The molecule has 17 heavy (non-hydrogen) atoms. The minimum atomic E-state index is -0.336. The quantitative estimate of drug-likeness (QED) is 0.775. The molecule has 3 nitrogen and oxygen atoms in total. The number of hydrogen-bond acceptors (Lipinski definition) is 2. The highest BCUT2D eigenvalue weighted by atomic mass is 16.2. The van der Waals surface area contributed by atoms with E-state index in [1.165, 1.54) is 19.3 Å². The second-order valence-corrected chi connectivity index (χ2v) is 5.88. The molecule has 0 spiro atoms. The molecule has 1 aliphatic rings. The van der Waals surface area contributed by atoms with E-state index < -0.39 is 0 Å². The molecule has 1 rings (SSSR count). The van der Waals surface area contributed by atoms with Gasteiger partial charge in [-0.15, -0.1) is 0 Å². The topological polar surface area (TPSA) is 55.1 Å². The molecule has 0 saturated heterocycles. The van der Waals surface area contributed by atoms with Crippen LogP contribution in [-0.2, 0) is 4.79 Å². The first-order chi connectivity index (χ1) is 8.02. The molecule has 0 aromatic rings. The maximum Gasteiger partial charge on any atom is 0.237 e. The number of amides is 1. The number of carbonyl (C=O) groups excluding carboxylic acids is 1. The highest BCUT2D eigenvalue weighted by molar-refractivity contribution is 5.81. The highest BCUT2D eigenvalue weighted by Gasteiger charge is 2.24. The van der Waals surface area contributed by atoms with Crippen LogP contribution >= 0.6 is 0 Å². The van der Waals surface area contributed by atoms with Crippen LogP contribution in [0.2, 0.25) is 0 Å². The van der Waals surface area contributed by atoms with Crippen molar-refractivity contribution in [2.45, 2.75) is 71.4 Å². The van der Waals surface area contributed by atoms with E-state index in [4.69, 9.17) is 5.73 Å². The van der Waals surface area contributed by atoms with E-state index in [2.05, 4.69) is 26.1 Å². The van der Waals surface area contributed by atoms with E-state index in [9.17, 15) is 4.79 Å². The summed E-state index contributed by atoms with van der Waals surface area (Å²) in [5.74, 6) is 1.31. The maximum absolute atomic E-state index is 11.9. The third-order valence-electron chi connectivity index (χ3n) is 3.77. The van der Waals surface area contributed by atoms with Gasteiger partial charge in [-0.25, -0.2) is 0 Å². The van der Waals surface area contributed by atoms with Crippen molar-refractivity contribution >= 4 is 5.91 Å². The Bertz CT molecular complexity index is 240. The lowest BCUT2D eigenvalue weighted by Gasteiger charge is -2.30. The average molecular weight is 240 g/mol. The average Bonchev–Trinajstić information content (AvgIpc) is 2.28. The molecule has 1 fully saturated rings. The van der Waals surface area contributed by atoms with Crippen LogP contribution in [0.3, 0.4) is 0 Å². The molecule has 1 amide bonds. The Balaban J connectivity index is 2.34. The SMILES string of the molecule is CCC1CCCC(NC(=O)[C@@H](N)CC(C)C)C1. The van der Waals surface area contributed by atoms with Crippen LogP contribution in [0, 0.1) is 11.8 Å². The molecular weight excluding hydrogens is 212 g/mol. The number of rotatable bonds is 5. The Kier molecular flexibility index (Phi) is 5.96. The lowest BCUT2D eigenvalue weighted by molar-refractivity contribution is -0.123. The predicted octanol–water partition coefficient (Wildman–Crippen LogP) is 2.44. The van der Waals surface area contributed by atoms with Crippen molar-refractivity contribution in [3.63, 3.8) is 0 Å². The van der Waals surface area contributed by atoms with Crippen LogP contribution in [-0.4, -0.2) is 18.0 Å². The summed E-state index contributed by atoms with van der Waals surface area (Å²) in [6.45, 7) is 6.43. The van der Waals surface area contributed by atoms with Gasteiger partial charge in [0.2, 0.25) is 5.91 Å². The normalized spacial score (nSPS) is 26.9. The van der Waals surface area contributed by atoms with Crippen LogP contribution in [0.5, 0.6) is 0 Å². The van der Waals surface area contributed by atoms with Crippen molar-refractivity contribution in [2.75, 3.05) is 0 Å². The lowest BCUT2D eigenvalue weighted by Crippen LogP contribution is -2.47. The van der Waals surface area contributed by atoms with E-state index in [-0.39, 0.29) is 11.9 Å². The zero-order chi connectivity index (χ0) is 12.8. The van der Waals surface area contributed by atoms with E-state index in [1.54, 1.807) is 0 Å². The lowest BCUT2D eigenvalue weighted by atomic mass is 9.84. The van der Waals surface area contributed by atoms with E-state index in [1.807, 2.05) is 0 Å². The van der Waals surface area contributed by atoms with E-state index >= 15 is 0 Å². The Hall–Kier alpha value is -0.570. The molecule has 0 radical (unpaired) electrons. The van der Waals surface area contributed by atoms with Gasteiger partial charge in [0.15, 0.2) is 0 Å². The molecule has 1 aliphatic carbocycles. The highest BCUT2D eigenvalue weighted by Crippen LogP contribution is 2.26. The Morgan fingerprint density at radius 3 is 2.71 bits per heavy atom. The van der Waals surface area contributed by atoms with Gasteiger partial charge in [-0.05, 0) is 31.1 Å². The molecule has 3 heteroatoms. The van der Waals surface area contributed by atoms with Gasteiger partial charge >= 0.3 is 0 Å². The molecule has 100 valence electrons. The first-order valence-electron chi connectivity index (χ1n) is 7.08. The number of hydrogen-bond donors (Lipinski definition) is 2. The first-order valence-corrected chi connectivity index (χ1v) is 7.08. The van der Waals surface area contributed by atoms with Crippen molar-refractivity contribution < 1.29 is 4.79 Å². The summed E-state index contributed by atoms with van der Waals surface area (Å²) in [6, 6.07) is 0.0245. The molecular formula is C14H28N2O. The monoisotopic (exact) mass is 240 g/mol. The first kappa shape index (κ1) is 14.5. The van der Waals surface area contributed by atoms with Crippen molar-refractivity contribution in [3.8, 4) is 0 Å². The molecule has 3 atom stereocenters. The van der Waals surface area contributed by atoms with Gasteiger partial charge in [-0.3, -0.25) is 4.79 Å². The molecule has 0 bridgehead atoms. The van der Waals surface area contributed by atoms with Crippen LogP contribution in [0.15, 0.2) is 0 Å². The van der Waals surface area contributed by atoms with Gasteiger partial charge in [0.05, 0.1) is 6.04 Å². The number of nitrogens with two attached hydrogens (primary N) is 1. The third-order valence-corrected chi connectivity index (χ3v) is 3.77. The van der Waals surface area contributed by atoms with Gasteiger partial charge in [-0.2, -0.15) is 0 Å². The second-order valence-electron chi connectivity index (χ2n) is 5.88. The smallest absolute Gasteiger partial charge is 0.237 e. The number of nitrogens with one attached hydrogen (secondary N) is 1. The van der Waals surface area contributed by atoms with Crippen molar-refractivity contribution in [2.24, 2.45) is 17.6 Å². The van der Waals surface area contributed by atoms with Gasteiger partial charge in [0.25, 0.3) is 0 Å². The largest absolute Gasteiger partial charge is 0.352 e. The Morgan fingerprint density at radius 2 is 2.12 bits per heavy atom. The molecule has 0 aromatic heterocycles. The summed E-state index contributed by atoms with van der Waals surface area (Å²) < 4.78 is 0. The van der Waals surface area contributed by atoms with Crippen LogP contribution in [0.25, 0.3) is 0 Å². The summed E-state index contributed by atoms with van der Waals surface area (Å²) in [5.41, 5.74) is 5.89. The van der Waals surface area contributed by atoms with Crippen LogP contribution < -0.4 is 11.1 Å². The summed E-state index contributed by atoms with van der Waals surface area (Å²) in [6.07, 6.45) is 6.82. The van der Waals surface area contributed by atoms with Gasteiger partial charge < -0.3 is 11.1 Å². The fourth-order valence-corrected chi connectivity index (χ4v) is 2.72. The Labute approximate surface area is 106 Å². The fourth-order valence-electron chi connectivity index (χ4n) is 2.72. The van der Waals surface area contributed by atoms with Gasteiger partial charge in [-0.1, -0.05) is 40.0 Å². The summed E-state index contributed by atoms with van der Waals surface area (Å²) in [4.78, 5) is 11.9. The van der Waals surface area contributed by atoms with Gasteiger partial charge in [0.1, 0.15) is 0 Å². The summed E-state index contributed by atoms with van der Waals surface area (Å²) in [7, 11) is 0. The molecule has 1 saturated carbocycles. The minimum absolute atomic E-state index is 0.0421. The predicted molar refractivity (Wildman–Crippen MR) is 71.6 cm³/mol. The fraction of sp³-hybridized carbons (Fsp3) is 0.929. The summed E-state index contributed by atoms with van der Waals surface area (Å²) >= 11 is 0. The van der Waals surface area contributed by atoms with Gasteiger partial charge in [0, 0.05) is 6.04 Å². The Morgan fingerprint density at radius 1 is 1.41 bits per heavy atom. The standard InChI is InChI=1S/C14H28N2O/c1-4-11-6-5-7-12(9-11)16-14(17)13(15)8-10(2)3/h10-13H,4-9,15H2,1-3H3,(H,16,17)/t11?,12?,13-/m0/s1. The molecule has 0 aliphatic heterocycles. The number of carbonyl (C=O) groups is 1. The second kappa shape index (κ2) is 7.00. The molecule has 0 heterocycles. The van der Waals surface area contributed by atoms with E-state index in [0.29, 0.717) is 12.0 Å². The zero-order valence-corrected chi connectivity index (χ0v) is 11.5. The van der Waals surface area contributed by atoms with Crippen molar-refractivity contribution in [1.82, 2.24) is 5.32 Å². The minimum Gasteiger partial charge on any atom is -0.352 e. The molecule has 2 unspecified atom stereocenters. The zero-order valence-electron chi connectivity index (χ0n) is 11.5. The van der Waals surface area contributed by atoms with Crippen LogP contribution in [0.4, 0.5) is 0 Å². The molecule has 3 N–H and O–H groups in total. The summed E-state index contributed by atoms with van der Waals surface area (Å²) in [5, 5.41) is 3.12.